The lowest BCUT2D eigenvalue weighted by molar-refractivity contribution is -0.131. The van der Waals surface area contributed by atoms with E-state index in [0.29, 0.717) is 5.91 Å². The van der Waals surface area contributed by atoms with E-state index in [0.717, 1.165) is 31.0 Å². The van der Waals surface area contributed by atoms with Gasteiger partial charge in [-0.25, -0.2) is 0 Å². The lowest BCUT2D eigenvalue weighted by Gasteiger charge is -2.33. The summed E-state index contributed by atoms with van der Waals surface area (Å²) in [5.74, 6) is 0.298. The molecule has 0 radical (unpaired) electrons. The van der Waals surface area contributed by atoms with Crippen molar-refractivity contribution in [2.45, 2.75) is 63.8 Å². The fraction of sp³-hybridized carbons (Fsp3) is 0.923. The third-order valence-electron chi connectivity index (χ3n) is 4.45. The Labute approximate surface area is 107 Å². The second kappa shape index (κ2) is 4.67. The van der Waals surface area contributed by atoms with Crippen LogP contribution in [0.3, 0.4) is 0 Å². The van der Waals surface area contributed by atoms with Crippen molar-refractivity contribution < 1.29 is 4.79 Å². The van der Waals surface area contributed by atoms with Gasteiger partial charge in [0, 0.05) is 16.3 Å². The summed E-state index contributed by atoms with van der Waals surface area (Å²) in [6.45, 7) is 2.13. The molecule has 2 aliphatic carbocycles. The molecule has 2 rings (SSSR count). The Balaban J connectivity index is 2.00. The first-order valence-corrected chi connectivity index (χ1v) is 7.61. The maximum Gasteiger partial charge on any atom is 0.226 e. The average Bonchev–Trinajstić information content (AvgIpc) is 2.89. The molecule has 92 valence electrons. The Kier molecular flexibility index (Phi) is 3.62. The summed E-state index contributed by atoms with van der Waals surface area (Å²) >= 11 is 3.57. The van der Waals surface area contributed by atoms with Crippen LogP contribution in [0.25, 0.3) is 0 Å². The molecule has 2 saturated carbocycles. The molecule has 2 fully saturated rings. The van der Waals surface area contributed by atoms with Gasteiger partial charge < -0.3 is 5.32 Å². The van der Waals surface area contributed by atoms with Gasteiger partial charge in [0.25, 0.3) is 0 Å². The van der Waals surface area contributed by atoms with Crippen molar-refractivity contribution in [1.29, 1.82) is 0 Å². The van der Waals surface area contributed by atoms with Gasteiger partial charge in [0.2, 0.25) is 5.91 Å². The number of nitrogens with one attached hydrogen (secondary N) is 1. The first kappa shape index (κ1) is 12.4. The summed E-state index contributed by atoms with van der Waals surface area (Å²) in [6.07, 6.45) is 9.34. The van der Waals surface area contributed by atoms with E-state index in [1.54, 1.807) is 0 Å². The minimum Gasteiger partial charge on any atom is -0.349 e. The predicted octanol–water partition coefficient (Wildman–Crippen LogP) is 3.39. The third kappa shape index (κ3) is 2.29. The fourth-order valence-electron chi connectivity index (χ4n) is 3.12. The molecule has 0 spiro atoms. The van der Waals surface area contributed by atoms with Crippen molar-refractivity contribution in [2.75, 3.05) is 5.33 Å². The van der Waals surface area contributed by atoms with Gasteiger partial charge in [0.1, 0.15) is 0 Å². The molecule has 0 unspecified atom stereocenters. The van der Waals surface area contributed by atoms with E-state index < -0.39 is 0 Å². The van der Waals surface area contributed by atoms with Gasteiger partial charge in [0.15, 0.2) is 0 Å². The maximum atomic E-state index is 12.4. The van der Waals surface area contributed by atoms with E-state index in [4.69, 9.17) is 0 Å². The largest absolute Gasteiger partial charge is 0.349 e. The molecule has 2 aliphatic rings. The van der Waals surface area contributed by atoms with Crippen LogP contribution in [0.5, 0.6) is 0 Å². The van der Waals surface area contributed by atoms with Gasteiger partial charge in [-0.3, -0.25) is 4.79 Å². The Hall–Kier alpha value is -0.0500. The molecule has 0 aromatic heterocycles. The van der Waals surface area contributed by atoms with Gasteiger partial charge in [0.05, 0.1) is 0 Å². The number of hydrogen-bond acceptors (Lipinski definition) is 1. The first-order valence-electron chi connectivity index (χ1n) is 6.49. The molecule has 16 heavy (non-hydrogen) atoms. The van der Waals surface area contributed by atoms with Crippen LogP contribution in [-0.2, 0) is 4.79 Å². The third-order valence-corrected chi connectivity index (χ3v) is 5.52. The van der Waals surface area contributed by atoms with Crippen molar-refractivity contribution in [3.8, 4) is 0 Å². The van der Waals surface area contributed by atoms with E-state index in [1.807, 2.05) is 0 Å². The van der Waals surface area contributed by atoms with Crippen molar-refractivity contribution in [1.82, 2.24) is 5.32 Å². The molecule has 0 bridgehead atoms. The van der Waals surface area contributed by atoms with Crippen LogP contribution in [0.15, 0.2) is 0 Å². The van der Waals surface area contributed by atoms with Crippen LogP contribution in [0.2, 0.25) is 0 Å². The monoisotopic (exact) mass is 287 g/mol. The van der Waals surface area contributed by atoms with Gasteiger partial charge in [-0.05, 0) is 25.7 Å². The average molecular weight is 288 g/mol. The van der Waals surface area contributed by atoms with Crippen LogP contribution in [0.4, 0.5) is 0 Å². The van der Waals surface area contributed by atoms with Crippen LogP contribution < -0.4 is 5.32 Å². The summed E-state index contributed by atoms with van der Waals surface area (Å²) in [7, 11) is 0. The van der Waals surface area contributed by atoms with Crippen LogP contribution >= 0.6 is 15.9 Å². The minimum atomic E-state index is -0.0856. The number of carbonyl (C=O) groups is 1. The zero-order chi connectivity index (χ0) is 11.6. The maximum absolute atomic E-state index is 12.4. The zero-order valence-corrected chi connectivity index (χ0v) is 11.7. The van der Waals surface area contributed by atoms with E-state index in [1.165, 1.54) is 25.7 Å². The summed E-state index contributed by atoms with van der Waals surface area (Å²) in [5.41, 5.74) is -0.0273. The minimum absolute atomic E-state index is 0.0582. The van der Waals surface area contributed by atoms with Gasteiger partial charge in [-0.15, -0.1) is 0 Å². The van der Waals surface area contributed by atoms with Crippen molar-refractivity contribution in [3.05, 3.63) is 0 Å². The highest BCUT2D eigenvalue weighted by molar-refractivity contribution is 9.09. The van der Waals surface area contributed by atoms with E-state index in [9.17, 15) is 4.79 Å². The molecule has 0 saturated heterocycles. The van der Waals surface area contributed by atoms with Crippen LogP contribution in [0, 0.1) is 5.41 Å². The molecule has 0 aliphatic heterocycles. The molecule has 2 nitrogen and oxygen atoms in total. The van der Waals surface area contributed by atoms with Crippen molar-refractivity contribution in [3.63, 3.8) is 0 Å². The molecule has 0 aromatic carbocycles. The molecular weight excluding hydrogens is 266 g/mol. The van der Waals surface area contributed by atoms with E-state index in [2.05, 4.69) is 28.2 Å². The topological polar surface area (TPSA) is 29.1 Å². The Morgan fingerprint density at radius 1 is 1.12 bits per heavy atom. The highest BCUT2D eigenvalue weighted by Crippen LogP contribution is 2.39. The molecule has 0 aromatic rings. The number of halogens is 1. The number of alkyl halides is 1. The number of amides is 1. The normalized spacial score (nSPS) is 26.9. The molecule has 0 atom stereocenters. The second-order valence-corrected chi connectivity index (χ2v) is 6.40. The van der Waals surface area contributed by atoms with Gasteiger partial charge in [-0.2, -0.15) is 0 Å². The number of carbonyl (C=O) groups excluding carboxylic acids is 1. The Morgan fingerprint density at radius 3 is 2.12 bits per heavy atom. The summed E-state index contributed by atoms with van der Waals surface area (Å²) in [5, 5.41) is 4.24. The lowest BCUT2D eigenvalue weighted by atomic mass is 9.86. The van der Waals surface area contributed by atoms with Crippen molar-refractivity contribution in [2.24, 2.45) is 5.41 Å². The predicted molar refractivity (Wildman–Crippen MR) is 69.7 cm³/mol. The Morgan fingerprint density at radius 2 is 1.62 bits per heavy atom. The second-order valence-electron chi connectivity index (χ2n) is 5.84. The number of rotatable bonds is 3. The smallest absolute Gasteiger partial charge is 0.226 e. The first-order chi connectivity index (χ1) is 7.60. The highest BCUT2D eigenvalue weighted by atomic mass is 79.9. The van der Waals surface area contributed by atoms with Gasteiger partial charge >= 0.3 is 0 Å². The highest BCUT2D eigenvalue weighted by Gasteiger charge is 2.41. The fourth-order valence-corrected chi connectivity index (χ4v) is 3.82. The summed E-state index contributed by atoms with van der Waals surface area (Å²) in [6, 6.07) is 0. The molecule has 1 amide bonds. The molecule has 3 heteroatoms. The van der Waals surface area contributed by atoms with Crippen molar-refractivity contribution >= 4 is 21.8 Å². The lowest BCUT2D eigenvalue weighted by Crippen LogP contribution is -2.52. The van der Waals surface area contributed by atoms with E-state index >= 15 is 0 Å². The zero-order valence-electron chi connectivity index (χ0n) is 10.2. The quantitative estimate of drug-likeness (QED) is 0.792. The molecule has 1 N–H and O–H groups in total. The van der Waals surface area contributed by atoms with Crippen LogP contribution in [0.1, 0.15) is 58.3 Å². The van der Waals surface area contributed by atoms with E-state index in [-0.39, 0.29) is 11.0 Å². The summed E-state index contributed by atoms with van der Waals surface area (Å²) < 4.78 is 0. The molecular formula is C13H22BrNO. The number of hydrogen-bond donors (Lipinski definition) is 1. The summed E-state index contributed by atoms with van der Waals surface area (Å²) in [4.78, 5) is 12.4. The van der Waals surface area contributed by atoms with Gasteiger partial charge in [-0.1, -0.05) is 48.5 Å². The SMILES string of the molecule is CC1(C(=O)NC2(CBr)CCCC2)CCCC1. The standard InChI is InChI=1S/C13H22BrNO/c1-12(6-2-3-7-12)11(16)15-13(10-14)8-4-5-9-13/h2-10H2,1H3,(H,15,16). The Bertz CT molecular complexity index is 265. The van der Waals surface area contributed by atoms with Crippen LogP contribution in [-0.4, -0.2) is 16.8 Å². The molecule has 0 heterocycles.